The molecule has 1 unspecified atom stereocenters. The van der Waals surface area contributed by atoms with Crippen LogP contribution in [0.15, 0.2) is 48.5 Å². The first kappa shape index (κ1) is 11.8. The van der Waals surface area contributed by atoms with E-state index in [-0.39, 0.29) is 5.54 Å². The second-order valence-electron chi connectivity index (χ2n) is 6.21. The normalized spacial score (nSPS) is 27.1. The van der Waals surface area contributed by atoms with Gasteiger partial charge in [-0.3, -0.25) is 0 Å². The summed E-state index contributed by atoms with van der Waals surface area (Å²) in [6, 6.07) is 17.6. The second kappa shape index (κ2) is 3.78. The molecule has 1 fully saturated rings. The van der Waals surface area contributed by atoms with Crippen LogP contribution in [-0.4, -0.2) is 12.7 Å². The molecule has 0 aliphatic carbocycles. The molecule has 2 heterocycles. The fraction of sp³-hybridized carbons (Fsp3) is 0.333. The van der Waals surface area contributed by atoms with Gasteiger partial charge < -0.3 is 9.80 Å². The van der Waals surface area contributed by atoms with Gasteiger partial charge in [0, 0.05) is 23.5 Å². The number of rotatable bonds is 1. The van der Waals surface area contributed by atoms with Gasteiger partial charge in [0.1, 0.15) is 0 Å². The Morgan fingerprint density at radius 3 is 2.40 bits per heavy atom. The summed E-state index contributed by atoms with van der Waals surface area (Å²) >= 11 is 0. The Hall–Kier alpha value is -1.96. The highest BCUT2D eigenvalue weighted by Crippen LogP contribution is 2.52. The summed E-state index contributed by atoms with van der Waals surface area (Å²) in [5.74, 6) is 0. The first-order valence-corrected chi connectivity index (χ1v) is 7.34. The molecule has 2 aromatic rings. The van der Waals surface area contributed by atoms with Gasteiger partial charge in [-0.15, -0.1) is 0 Å². The number of hydrogen-bond donors (Lipinski definition) is 0. The van der Waals surface area contributed by atoms with Crippen molar-refractivity contribution in [3.8, 4) is 0 Å². The lowest BCUT2D eigenvalue weighted by Crippen LogP contribution is -2.47. The molecule has 2 atom stereocenters. The minimum Gasteiger partial charge on any atom is -0.348 e. The van der Waals surface area contributed by atoms with E-state index in [4.69, 9.17) is 0 Å². The third-order valence-electron chi connectivity index (χ3n) is 5.00. The molecular weight excluding hydrogens is 244 g/mol. The molecule has 4 rings (SSSR count). The minimum absolute atomic E-state index is 0.0854. The number of nitrogens with zero attached hydrogens (tertiary/aromatic N) is 2. The summed E-state index contributed by atoms with van der Waals surface area (Å²) in [7, 11) is 0. The zero-order chi connectivity index (χ0) is 13.9. The lowest BCUT2D eigenvalue weighted by Gasteiger charge is -2.43. The van der Waals surface area contributed by atoms with E-state index in [9.17, 15) is 0 Å². The van der Waals surface area contributed by atoms with E-state index in [1.54, 1.807) is 0 Å². The van der Waals surface area contributed by atoms with Gasteiger partial charge in [0.15, 0.2) is 0 Å². The van der Waals surface area contributed by atoms with Crippen molar-refractivity contribution in [2.45, 2.75) is 32.5 Å². The number of aryl methyl sites for hydroxylation is 1. The Morgan fingerprint density at radius 2 is 1.65 bits per heavy atom. The Morgan fingerprint density at radius 1 is 1.00 bits per heavy atom. The number of fused-ring (bicyclic) bond motifs is 5. The van der Waals surface area contributed by atoms with Crippen molar-refractivity contribution >= 4 is 11.4 Å². The quantitative estimate of drug-likeness (QED) is 0.771. The minimum atomic E-state index is 0.0854. The average Bonchev–Trinajstić information content (AvgIpc) is 2.89. The predicted octanol–water partition coefficient (Wildman–Crippen LogP) is 3.90. The van der Waals surface area contributed by atoms with E-state index in [0.717, 1.165) is 6.54 Å². The van der Waals surface area contributed by atoms with Crippen LogP contribution in [0, 0.1) is 6.92 Å². The molecule has 0 aromatic heterocycles. The Balaban J connectivity index is 1.91. The predicted molar refractivity (Wildman–Crippen MR) is 84.3 cm³/mol. The van der Waals surface area contributed by atoms with E-state index >= 15 is 0 Å². The fourth-order valence-electron chi connectivity index (χ4n) is 4.07. The highest BCUT2D eigenvalue weighted by molar-refractivity contribution is 5.73. The smallest absolute Gasteiger partial charge is 0.0997 e. The van der Waals surface area contributed by atoms with Crippen LogP contribution in [0.25, 0.3) is 0 Å². The van der Waals surface area contributed by atoms with Gasteiger partial charge in [-0.05, 0) is 38.5 Å². The van der Waals surface area contributed by atoms with Gasteiger partial charge in [-0.2, -0.15) is 0 Å². The van der Waals surface area contributed by atoms with Crippen LogP contribution in [0.3, 0.4) is 0 Å². The molecule has 2 aliphatic heterocycles. The van der Waals surface area contributed by atoms with Crippen molar-refractivity contribution in [3.05, 3.63) is 59.7 Å². The molecule has 2 heteroatoms. The average molecular weight is 264 g/mol. The molecular formula is C18H20N2. The number of para-hydroxylation sites is 2. The molecule has 2 nitrogen and oxygen atoms in total. The van der Waals surface area contributed by atoms with Gasteiger partial charge in [0.2, 0.25) is 0 Å². The summed E-state index contributed by atoms with van der Waals surface area (Å²) < 4.78 is 0. The summed E-state index contributed by atoms with van der Waals surface area (Å²) in [6.45, 7) is 7.98. The van der Waals surface area contributed by atoms with Gasteiger partial charge in [-0.25, -0.2) is 0 Å². The van der Waals surface area contributed by atoms with Crippen LogP contribution in [0.5, 0.6) is 0 Å². The summed E-state index contributed by atoms with van der Waals surface area (Å²) in [5, 5.41) is 0. The van der Waals surface area contributed by atoms with Gasteiger partial charge in [0.25, 0.3) is 0 Å². The molecule has 20 heavy (non-hydrogen) atoms. The second-order valence-corrected chi connectivity index (χ2v) is 6.21. The van der Waals surface area contributed by atoms with Crippen LogP contribution < -0.4 is 9.80 Å². The number of anilines is 2. The molecule has 0 spiro atoms. The van der Waals surface area contributed by atoms with Crippen LogP contribution in [0.2, 0.25) is 0 Å². The van der Waals surface area contributed by atoms with Crippen molar-refractivity contribution in [1.82, 2.24) is 0 Å². The zero-order valence-corrected chi connectivity index (χ0v) is 12.3. The number of hydrogen-bond acceptors (Lipinski definition) is 2. The molecule has 2 aromatic carbocycles. The fourth-order valence-corrected chi connectivity index (χ4v) is 4.07. The molecule has 1 saturated heterocycles. The largest absolute Gasteiger partial charge is 0.348 e. The van der Waals surface area contributed by atoms with E-state index < -0.39 is 0 Å². The Bertz CT molecular complexity index is 679. The van der Waals surface area contributed by atoms with Gasteiger partial charge >= 0.3 is 0 Å². The van der Waals surface area contributed by atoms with Crippen molar-refractivity contribution in [2.75, 3.05) is 16.3 Å². The molecule has 102 valence electrons. The van der Waals surface area contributed by atoms with E-state index in [1.807, 2.05) is 0 Å². The maximum Gasteiger partial charge on any atom is 0.0997 e. The van der Waals surface area contributed by atoms with Crippen LogP contribution >= 0.6 is 0 Å². The molecule has 0 radical (unpaired) electrons. The topological polar surface area (TPSA) is 6.48 Å². The third-order valence-corrected chi connectivity index (χ3v) is 5.00. The standard InChI is InChI=1S/C18H20N2/c1-13-8-4-6-10-16(13)20-14(2)19-12-18(20,3)15-9-5-7-11-17(15)19/h4-11,14H,12H2,1-3H3/t14-,18?/m0/s1. The summed E-state index contributed by atoms with van der Waals surface area (Å²) in [6.07, 6.45) is 0.413. The van der Waals surface area contributed by atoms with Crippen molar-refractivity contribution in [1.29, 1.82) is 0 Å². The third kappa shape index (κ3) is 1.29. The monoisotopic (exact) mass is 264 g/mol. The van der Waals surface area contributed by atoms with Crippen LogP contribution in [0.1, 0.15) is 25.0 Å². The Kier molecular flexibility index (Phi) is 2.24. The molecule has 2 bridgehead atoms. The Labute approximate surface area is 120 Å². The van der Waals surface area contributed by atoms with E-state index in [1.165, 1.54) is 22.5 Å². The molecule has 0 saturated carbocycles. The lowest BCUT2D eigenvalue weighted by atomic mass is 9.90. The zero-order valence-electron chi connectivity index (χ0n) is 12.3. The maximum absolute atomic E-state index is 2.59. The molecule has 0 amide bonds. The summed E-state index contributed by atoms with van der Waals surface area (Å²) in [5.41, 5.74) is 5.67. The molecule has 2 aliphatic rings. The van der Waals surface area contributed by atoms with Crippen molar-refractivity contribution in [3.63, 3.8) is 0 Å². The highest BCUT2D eigenvalue weighted by Gasteiger charge is 2.53. The first-order valence-electron chi connectivity index (χ1n) is 7.34. The number of benzene rings is 2. The van der Waals surface area contributed by atoms with Crippen LogP contribution in [0.4, 0.5) is 11.4 Å². The van der Waals surface area contributed by atoms with E-state index in [2.05, 4.69) is 79.1 Å². The van der Waals surface area contributed by atoms with Crippen molar-refractivity contribution < 1.29 is 0 Å². The SMILES string of the molecule is Cc1ccccc1N1[C@@H](C)N2CC1(C)c1ccccc12. The van der Waals surface area contributed by atoms with Crippen molar-refractivity contribution in [2.24, 2.45) is 0 Å². The van der Waals surface area contributed by atoms with Crippen LogP contribution in [-0.2, 0) is 5.54 Å². The lowest BCUT2D eigenvalue weighted by molar-refractivity contribution is 0.511. The maximum atomic E-state index is 2.59. The highest BCUT2D eigenvalue weighted by atomic mass is 15.5. The first-order chi connectivity index (χ1) is 9.63. The summed E-state index contributed by atoms with van der Waals surface area (Å²) in [4.78, 5) is 5.12. The van der Waals surface area contributed by atoms with Gasteiger partial charge in [0.05, 0.1) is 11.7 Å². The van der Waals surface area contributed by atoms with E-state index in [0.29, 0.717) is 6.17 Å². The van der Waals surface area contributed by atoms with Gasteiger partial charge in [-0.1, -0.05) is 36.4 Å². The molecule has 0 N–H and O–H groups in total.